The summed E-state index contributed by atoms with van der Waals surface area (Å²) in [6, 6.07) is 3.09. The largest absolute Gasteiger partial charge is 0.243 e. The van der Waals surface area contributed by atoms with Crippen LogP contribution in [0.4, 0.5) is 0 Å². The van der Waals surface area contributed by atoms with Crippen LogP contribution in [-0.4, -0.2) is 45.2 Å². The molecule has 1 aliphatic rings. The van der Waals surface area contributed by atoms with Crippen LogP contribution in [0.5, 0.6) is 0 Å². The molecule has 0 aromatic heterocycles. The van der Waals surface area contributed by atoms with Gasteiger partial charge in [0.15, 0.2) is 9.84 Å². The Hall–Kier alpha value is -0.920. The molecule has 0 radical (unpaired) electrons. The van der Waals surface area contributed by atoms with E-state index in [0.717, 1.165) is 11.1 Å². The third kappa shape index (κ3) is 3.21. The van der Waals surface area contributed by atoms with Gasteiger partial charge in [-0.2, -0.15) is 4.31 Å². The van der Waals surface area contributed by atoms with Crippen LogP contribution in [0.15, 0.2) is 17.0 Å². The summed E-state index contributed by atoms with van der Waals surface area (Å²) in [4.78, 5) is 0.279. The number of rotatable bonds is 4. The van der Waals surface area contributed by atoms with Gasteiger partial charge in [-0.15, -0.1) is 0 Å². The minimum Gasteiger partial charge on any atom is -0.229 e. The van der Waals surface area contributed by atoms with Crippen LogP contribution in [0.25, 0.3) is 0 Å². The molecule has 0 N–H and O–H groups in total. The van der Waals surface area contributed by atoms with Gasteiger partial charge in [0, 0.05) is 12.6 Å². The molecule has 0 amide bonds. The van der Waals surface area contributed by atoms with Gasteiger partial charge in [0.25, 0.3) is 0 Å². The van der Waals surface area contributed by atoms with Gasteiger partial charge in [0.05, 0.1) is 16.4 Å². The van der Waals surface area contributed by atoms with Crippen LogP contribution in [0.1, 0.15) is 30.0 Å². The normalized spacial score (nSPS) is 21.4. The first kappa shape index (κ1) is 17.4. The first-order valence-electron chi connectivity index (χ1n) is 7.38. The lowest BCUT2D eigenvalue weighted by atomic mass is 10.1. The van der Waals surface area contributed by atoms with E-state index in [-0.39, 0.29) is 22.9 Å². The monoisotopic (exact) mass is 345 g/mol. The predicted octanol–water partition coefficient (Wildman–Crippen LogP) is 1.81. The van der Waals surface area contributed by atoms with Crippen LogP contribution in [-0.2, 0) is 19.9 Å². The van der Waals surface area contributed by atoms with Crippen molar-refractivity contribution in [3.63, 3.8) is 0 Å². The van der Waals surface area contributed by atoms with Crippen LogP contribution in [0, 0.1) is 20.8 Å². The second kappa shape index (κ2) is 5.94. The minimum absolute atomic E-state index is 0.0651. The van der Waals surface area contributed by atoms with Crippen LogP contribution < -0.4 is 0 Å². The molecule has 124 valence electrons. The minimum atomic E-state index is -3.69. The van der Waals surface area contributed by atoms with Crippen LogP contribution >= 0.6 is 0 Å². The van der Waals surface area contributed by atoms with E-state index in [4.69, 9.17) is 0 Å². The second-order valence-corrected chi connectivity index (χ2v) is 10.1. The molecule has 1 aromatic rings. The van der Waals surface area contributed by atoms with Crippen LogP contribution in [0.2, 0.25) is 0 Å². The van der Waals surface area contributed by atoms with Gasteiger partial charge in [-0.25, -0.2) is 16.8 Å². The predicted molar refractivity (Wildman–Crippen MR) is 87.3 cm³/mol. The zero-order valence-electron chi connectivity index (χ0n) is 13.5. The molecule has 1 aliphatic heterocycles. The molecule has 1 atom stereocenters. The maximum Gasteiger partial charge on any atom is 0.243 e. The van der Waals surface area contributed by atoms with Crippen molar-refractivity contribution >= 4 is 19.9 Å². The Morgan fingerprint density at radius 2 is 1.73 bits per heavy atom. The Balaban J connectivity index is 2.46. The Labute approximate surface area is 133 Å². The molecule has 1 fully saturated rings. The van der Waals surface area contributed by atoms with Gasteiger partial charge in [-0.05, 0) is 49.9 Å². The van der Waals surface area contributed by atoms with Crippen molar-refractivity contribution in [3.8, 4) is 0 Å². The van der Waals surface area contributed by atoms with Gasteiger partial charge in [0.1, 0.15) is 0 Å². The zero-order valence-corrected chi connectivity index (χ0v) is 15.1. The van der Waals surface area contributed by atoms with E-state index in [0.29, 0.717) is 12.0 Å². The Morgan fingerprint density at radius 3 is 2.23 bits per heavy atom. The standard InChI is InChI=1S/C15H23NO4S2/c1-5-16(14-6-7-21(17,18)10-14)22(19,20)15-9-12(3)11(2)8-13(15)4/h8-9,14H,5-7,10H2,1-4H3. The third-order valence-electron chi connectivity index (χ3n) is 4.31. The summed E-state index contributed by atoms with van der Waals surface area (Å²) in [5.41, 5.74) is 2.66. The summed E-state index contributed by atoms with van der Waals surface area (Å²) in [5.74, 6) is -0.0143. The summed E-state index contributed by atoms with van der Waals surface area (Å²) < 4.78 is 50.6. The highest BCUT2D eigenvalue weighted by atomic mass is 32.2. The molecule has 0 bridgehead atoms. The summed E-state index contributed by atoms with van der Waals surface area (Å²) in [5, 5.41) is 0. The molecule has 1 unspecified atom stereocenters. The molecular weight excluding hydrogens is 322 g/mol. The first-order valence-corrected chi connectivity index (χ1v) is 10.6. The van der Waals surface area contributed by atoms with Crippen molar-refractivity contribution in [2.75, 3.05) is 18.1 Å². The molecule has 0 aliphatic carbocycles. The van der Waals surface area contributed by atoms with E-state index in [2.05, 4.69) is 0 Å². The van der Waals surface area contributed by atoms with Crippen molar-refractivity contribution in [2.45, 2.75) is 45.1 Å². The Kier molecular flexibility index (Phi) is 4.71. The van der Waals surface area contributed by atoms with E-state index < -0.39 is 25.9 Å². The Bertz CT molecular complexity index is 782. The molecule has 22 heavy (non-hydrogen) atoms. The van der Waals surface area contributed by atoms with E-state index in [1.54, 1.807) is 19.9 Å². The highest BCUT2D eigenvalue weighted by Gasteiger charge is 2.38. The molecule has 1 aromatic carbocycles. The van der Waals surface area contributed by atoms with E-state index in [9.17, 15) is 16.8 Å². The van der Waals surface area contributed by atoms with Crippen molar-refractivity contribution < 1.29 is 16.8 Å². The number of sulfone groups is 1. The van der Waals surface area contributed by atoms with Crippen molar-refractivity contribution in [2.24, 2.45) is 0 Å². The fraction of sp³-hybridized carbons (Fsp3) is 0.600. The molecule has 1 saturated heterocycles. The number of benzene rings is 1. The van der Waals surface area contributed by atoms with Crippen molar-refractivity contribution in [3.05, 3.63) is 28.8 Å². The SMILES string of the molecule is CCN(C1CCS(=O)(=O)C1)S(=O)(=O)c1cc(C)c(C)cc1C. The third-order valence-corrected chi connectivity index (χ3v) is 8.23. The van der Waals surface area contributed by atoms with E-state index in [1.807, 2.05) is 19.9 Å². The zero-order chi connectivity index (χ0) is 16.7. The number of aryl methyl sites for hydroxylation is 3. The van der Waals surface area contributed by atoms with Gasteiger partial charge in [-0.3, -0.25) is 0 Å². The van der Waals surface area contributed by atoms with Gasteiger partial charge in [-0.1, -0.05) is 13.0 Å². The van der Waals surface area contributed by atoms with Gasteiger partial charge < -0.3 is 0 Å². The highest BCUT2D eigenvalue weighted by Crippen LogP contribution is 2.28. The average Bonchev–Trinajstić information content (AvgIpc) is 2.74. The molecule has 1 heterocycles. The molecule has 5 nitrogen and oxygen atoms in total. The average molecular weight is 345 g/mol. The highest BCUT2D eigenvalue weighted by molar-refractivity contribution is 7.92. The fourth-order valence-corrected chi connectivity index (χ4v) is 6.75. The van der Waals surface area contributed by atoms with Crippen LogP contribution in [0.3, 0.4) is 0 Å². The summed E-state index contributed by atoms with van der Waals surface area (Å²) in [6.07, 6.45) is 0.374. The van der Waals surface area contributed by atoms with Gasteiger partial charge in [0.2, 0.25) is 10.0 Å². The molecule has 0 saturated carbocycles. The first-order chi connectivity index (χ1) is 10.1. The lowest BCUT2D eigenvalue weighted by molar-refractivity contribution is 0.354. The molecule has 0 spiro atoms. The maximum atomic E-state index is 13.0. The summed E-state index contributed by atoms with van der Waals surface area (Å²) in [7, 11) is -6.81. The Morgan fingerprint density at radius 1 is 1.14 bits per heavy atom. The number of nitrogens with zero attached hydrogens (tertiary/aromatic N) is 1. The van der Waals surface area contributed by atoms with Crippen molar-refractivity contribution in [1.29, 1.82) is 0 Å². The topological polar surface area (TPSA) is 71.5 Å². The van der Waals surface area contributed by atoms with Gasteiger partial charge >= 0.3 is 0 Å². The molecular formula is C15H23NO4S2. The number of sulfonamides is 1. The lowest BCUT2D eigenvalue weighted by Gasteiger charge is -2.27. The lowest BCUT2D eigenvalue weighted by Crippen LogP contribution is -2.41. The smallest absolute Gasteiger partial charge is 0.229 e. The quantitative estimate of drug-likeness (QED) is 0.834. The van der Waals surface area contributed by atoms with E-state index >= 15 is 0 Å². The maximum absolute atomic E-state index is 13.0. The van der Waals surface area contributed by atoms with Crippen molar-refractivity contribution in [1.82, 2.24) is 4.31 Å². The number of hydrogen-bond donors (Lipinski definition) is 0. The van der Waals surface area contributed by atoms with E-state index in [1.165, 1.54) is 4.31 Å². The second-order valence-electron chi connectivity index (χ2n) is 5.97. The number of hydrogen-bond acceptors (Lipinski definition) is 4. The molecule has 2 rings (SSSR count). The fourth-order valence-electron chi connectivity index (χ4n) is 2.97. The summed E-state index contributed by atoms with van der Waals surface area (Å²) >= 11 is 0. The summed E-state index contributed by atoms with van der Waals surface area (Å²) in [6.45, 7) is 7.62. The molecule has 7 heteroatoms.